The molecule has 0 aromatic rings. The van der Waals surface area contributed by atoms with Crippen LogP contribution >= 0.6 is 0 Å². The van der Waals surface area contributed by atoms with Crippen LogP contribution in [0.25, 0.3) is 0 Å². The Kier molecular flexibility index (Phi) is 7.33. The molecule has 1 N–H and O–H groups in total. The van der Waals surface area contributed by atoms with E-state index in [1.807, 2.05) is 6.92 Å². The van der Waals surface area contributed by atoms with Crippen LogP contribution in [0.3, 0.4) is 0 Å². The monoisotopic (exact) mass is 254 g/mol. The third-order valence-corrected chi connectivity index (χ3v) is 4.16. The molecular weight excluding hydrogens is 224 g/mol. The standard InChI is InChI=1S/C15H30N2O/c1-4-6-7-13(3)17-10-8-14(9-11-17)12-16-15(18)5-2/h13-14H,4-12H2,1-3H3,(H,16,18). The number of carbonyl (C=O) groups is 1. The summed E-state index contributed by atoms with van der Waals surface area (Å²) in [6.07, 6.45) is 7.04. The van der Waals surface area contributed by atoms with Gasteiger partial charge in [-0.2, -0.15) is 0 Å². The van der Waals surface area contributed by atoms with Crippen LogP contribution in [0.1, 0.15) is 59.3 Å². The van der Waals surface area contributed by atoms with Gasteiger partial charge in [0.25, 0.3) is 0 Å². The first-order chi connectivity index (χ1) is 8.67. The summed E-state index contributed by atoms with van der Waals surface area (Å²) in [5.41, 5.74) is 0. The fourth-order valence-corrected chi connectivity index (χ4v) is 2.66. The number of unbranched alkanes of at least 4 members (excludes halogenated alkanes) is 1. The molecule has 18 heavy (non-hydrogen) atoms. The van der Waals surface area contributed by atoms with Crippen LogP contribution in [0.4, 0.5) is 0 Å². The van der Waals surface area contributed by atoms with Crippen molar-refractivity contribution in [2.75, 3.05) is 19.6 Å². The molecule has 1 amide bonds. The minimum atomic E-state index is 0.189. The second-order valence-electron chi connectivity index (χ2n) is 5.63. The van der Waals surface area contributed by atoms with Gasteiger partial charge in [-0.15, -0.1) is 0 Å². The Labute approximate surface area is 112 Å². The third-order valence-electron chi connectivity index (χ3n) is 4.16. The van der Waals surface area contributed by atoms with Crippen molar-refractivity contribution >= 4 is 5.91 Å². The molecule has 3 heteroatoms. The molecule has 0 aromatic carbocycles. The minimum Gasteiger partial charge on any atom is -0.356 e. The summed E-state index contributed by atoms with van der Waals surface area (Å²) < 4.78 is 0. The van der Waals surface area contributed by atoms with Gasteiger partial charge in [0.1, 0.15) is 0 Å². The van der Waals surface area contributed by atoms with Crippen molar-refractivity contribution in [3.63, 3.8) is 0 Å². The second kappa shape index (κ2) is 8.52. The van der Waals surface area contributed by atoms with Crippen LogP contribution in [0, 0.1) is 5.92 Å². The first-order valence-corrected chi connectivity index (χ1v) is 7.68. The van der Waals surface area contributed by atoms with E-state index in [0.29, 0.717) is 12.3 Å². The average molecular weight is 254 g/mol. The number of likely N-dealkylation sites (tertiary alicyclic amines) is 1. The maximum Gasteiger partial charge on any atom is 0.219 e. The number of rotatable bonds is 7. The molecule has 1 heterocycles. The normalized spacial score (nSPS) is 19.7. The van der Waals surface area contributed by atoms with E-state index in [0.717, 1.165) is 12.6 Å². The summed E-state index contributed by atoms with van der Waals surface area (Å²) in [4.78, 5) is 13.8. The van der Waals surface area contributed by atoms with Crippen LogP contribution in [0.5, 0.6) is 0 Å². The number of hydrogen-bond donors (Lipinski definition) is 1. The fraction of sp³-hybridized carbons (Fsp3) is 0.933. The summed E-state index contributed by atoms with van der Waals surface area (Å²) in [5, 5.41) is 3.02. The highest BCUT2D eigenvalue weighted by atomic mass is 16.1. The quantitative estimate of drug-likeness (QED) is 0.757. The number of hydrogen-bond acceptors (Lipinski definition) is 2. The molecule has 0 spiro atoms. The maximum atomic E-state index is 11.2. The van der Waals surface area contributed by atoms with Crippen molar-refractivity contribution in [2.24, 2.45) is 5.92 Å². The van der Waals surface area contributed by atoms with Gasteiger partial charge in [-0.05, 0) is 45.2 Å². The number of nitrogens with zero attached hydrogens (tertiary/aromatic N) is 1. The van der Waals surface area contributed by atoms with Gasteiger partial charge < -0.3 is 10.2 Å². The summed E-state index contributed by atoms with van der Waals surface area (Å²) in [6, 6.07) is 0.733. The second-order valence-corrected chi connectivity index (χ2v) is 5.63. The van der Waals surface area contributed by atoms with E-state index in [1.165, 1.54) is 45.2 Å². The van der Waals surface area contributed by atoms with E-state index in [2.05, 4.69) is 24.1 Å². The van der Waals surface area contributed by atoms with Crippen molar-refractivity contribution in [1.29, 1.82) is 0 Å². The predicted octanol–water partition coefficient (Wildman–Crippen LogP) is 2.80. The highest BCUT2D eigenvalue weighted by molar-refractivity contribution is 5.75. The summed E-state index contributed by atoms with van der Waals surface area (Å²) >= 11 is 0. The van der Waals surface area contributed by atoms with Crippen LogP contribution in [0.2, 0.25) is 0 Å². The van der Waals surface area contributed by atoms with E-state index < -0.39 is 0 Å². The van der Waals surface area contributed by atoms with Gasteiger partial charge >= 0.3 is 0 Å². The molecule has 1 fully saturated rings. The lowest BCUT2D eigenvalue weighted by atomic mass is 9.95. The van der Waals surface area contributed by atoms with E-state index in [9.17, 15) is 4.79 Å². The molecule has 106 valence electrons. The van der Waals surface area contributed by atoms with Crippen molar-refractivity contribution in [3.05, 3.63) is 0 Å². The number of carbonyl (C=O) groups excluding carboxylic acids is 1. The van der Waals surface area contributed by atoms with Crippen LogP contribution in [-0.4, -0.2) is 36.5 Å². The predicted molar refractivity (Wildman–Crippen MR) is 76.6 cm³/mol. The SMILES string of the molecule is CCCCC(C)N1CCC(CNC(=O)CC)CC1. The molecule has 1 saturated heterocycles. The molecule has 1 aliphatic rings. The minimum absolute atomic E-state index is 0.189. The maximum absolute atomic E-state index is 11.2. The van der Waals surface area contributed by atoms with Crippen molar-refractivity contribution < 1.29 is 4.79 Å². The van der Waals surface area contributed by atoms with E-state index in [4.69, 9.17) is 0 Å². The lowest BCUT2D eigenvalue weighted by Gasteiger charge is -2.36. The zero-order chi connectivity index (χ0) is 13.4. The van der Waals surface area contributed by atoms with Gasteiger partial charge in [0.05, 0.1) is 0 Å². The molecule has 0 aromatic heterocycles. The number of piperidine rings is 1. The Morgan fingerprint density at radius 3 is 2.56 bits per heavy atom. The topological polar surface area (TPSA) is 32.3 Å². The third kappa shape index (κ3) is 5.38. The van der Waals surface area contributed by atoms with Gasteiger partial charge in [0.2, 0.25) is 5.91 Å². The lowest BCUT2D eigenvalue weighted by molar-refractivity contribution is -0.121. The van der Waals surface area contributed by atoms with Gasteiger partial charge in [0.15, 0.2) is 0 Å². The summed E-state index contributed by atoms with van der Waals surface area (Å²) in [5.74, 6) is 0.879. The molecule has 0 radical (unpaired) electrons. The molecule has 0 saturated carbocycles. The highest BCUT2D eigenvalue weighted by Crippen LogP contribution is 2.20. The lowest BCUT2D eigenvalue weighted by Crippen LogP contribution is -2.42. The zero-order valence-electron chi connectivity index (χ0n) is 12.4. The first-order valence-electron chi connectivity index (χ1n) is 7.68. The zero-order valence-corrected chi connectivity index (χ0v) is 12.4. The average Bonchev–Trinajstić information content (AvgIpc) is 2.42. The Hall–Kier alpha value is -0.570. The first kappa shape index (κ1) is 15.5. The molecule has 1 unspecified atom stereocenters. The van der Waals surface area contributed by atoms with E-state index in [1.54, 1.807) is 0 Å². The molecule has 1 atom stereocenters. The smallest absolute Gasteiger partial charge is 0.219 e. The van der Waals surface area contributed by atoms with Gasteiger partial charge in [-0.25, -0.2) is 0 Å². The Balaban J connectivity index is 2.17. The fourth-order valence-electron chi connectivity index (χ4n) is 2.66. The van der Waals surface area contributed by atoms with E-state index in [-0.39, 0.29) is 5.91 Å². The van der Waals surface area contributed by atoms with Crippen molar-refractivity contribution in [3.8, 4) is 0 Å². The molecule has 0 aliphatic carbocycles. The molecule has 1 rings (SSSR count). The van der Waals surface area contributed by atoms with Gasteiger partial charge in [-0.3, -0.25) is 4.79 Å². The highest BCUT2D eigenvalue weighted by Gasteiger charge is 2.22. The van der Waals surface area contributed by atoms with Gasteiger partial charge in [0, 0.05) is 19.0 Å². The van der Waals surface area contributed by atoms with Crippen LogP contribution in [-0.2, 0) is 4.79 Å². The van der Waals surface area contributed by atoms with E-state index >= 15 is 0 Å². The summed E-state index contributed by atoms with van der Waals surface area (Å²) in [6.45, 7) is 9.82. The molecule has 0 bridgehead atoms. The number of nitrogens with one attached hydrogen (secondary N) is 1. The Morgan fingerprint density at radius 2 is 2.00 bits per heavy atom. The molecular formula is C15H30N2O. The Bertz CT molecular complexity index is 235. The van der Waals surface area contributed by atoms with Crippen LogP contribution in [0.15, 0.2) is 0 Å². The molecule has 1 aliphatic heterocycles. The van der Waals surface area contributed by atoms with Crippen molar-refractivity contribution in [2.45, 2.75) is 65.3 Å². The molecule has 3 nitrogen and oxygen atoms in total. The van der Waals surface area contributed by atoms with Crippen molar-refractivity contribution in [1.82, 2.24) is 10.2 Å². The Morgan fingerprint density at radius 1 is 1.33 bits per heavy atom. The number of amides is 1. The largest absolute Gasteiger partial charge is 0.356 e. The van der Waals surface area contributed by atoms with Gasteiger partial charge in [-0.1, -0.05) is 26.7 Å². The van der Waals surface area contributed by atoms with Crippen LogP contribution < -0.4 is 5.32 Å². The summed E-state index contributed by atoms with van der Waals surface area (Å²) in [7, 11) is 0.